The van der Waals surface area contributed by atoms with Crippen LogP contribution >= 0.6 is 0 Å². The number of aromatic carboxylic acids is 1. The Balaban J connectivity index is 1.92. The van der Waals surface area contributed by atoms with Gasteiger partial charge < -0.3 is 15.1 Å². The van der Waals surface area contributed by atoms with Crippen molar-refractivity contribution in [3.05, 3.63) is 29.3 Å². The number of aliphatic hydroxyl groups excluding tert-OH is 1. The van der Waals surface area contributed by atoms with Crippen LogP contribution in [-0.2, 0) is 6.42 Å². The minimum Gasteiger partial charge on any atom is -0.478 e. The molecule has 2 aliphatic heterocycles. The smallest absolute Gasteiger partial charge is 0.336 e. The summed E-state index contributed by atoms with van der Waals surface area (Å²) in [6, 6.07) is 4.90. The van der Waals surface area contributed by atoms with Crippen molar-refractivity contribution in [3.63, 3.8) is 0 Å². The third kappa shape index (κ3) is 2.47. The van der Waals surface area contributed by atoms with Crippen LogP contribution in [0.4, 0.5) is 10.5 Å². The highest BCUT2D eigenvalue weighted by Crippen LogP contribution is 2.31. The number of hydrogen-bond donors (Lipinski definition) is 2. The molecule has 6 heteroatoms. The van der Waals surface area contributed by atoms with E-state index in [1.807, 2.05) is 0 Å². The molecule has 21 heavy (non-hydrogen) atoms. The van der Waals surface area contributed by atoms with Crippen LogP contribution in [0.3, 0.4) is 0 Å². The summed E-state index contributed by atoms with van der Waals surface area (Å²) in [6.07, 6.45) is 1.56. The molecule has 112 valence electrons. The largest absolute Gasteiger partial charge is 0.478 e. The maximum absolute atomic E-state index is 12.6. The first-order valence-corrected chi connectivity index (χ1v) is 7.17. The zero-order valence-electron chi connectivity index (χ0n) is 11.7. The fraction of sp³-hybridized carbons (Fsp3) is 0.467. The normalized spacial score (nSPS) is 21.3. The SMILES string of the molecule is O=C(O)c1cccc2c1CCCN2C(=O)N1CCC(O)C1. The van der Waals surface area contributed by atoms with E-state index in [-0.39, 0.29) is 11.6 Å². The number of nitrogens with zero attached hydrogens (tertiary/aromatic N) is 2. The van der Waals surface area contributed by atoms with Crippen LogP contribution in [0, 0.1) is 0 Å². The third-order valence-electron chi connectivity index (χ3n) is 4.15. The summed E-state index contributed by atoms with van der Waals surface area (Å²) in [5.74, 6) is -0.960. The number of urea groups is 1. The number of fused-ring (bicyclic) bond motifs is 1. The van der Waals surface area contributed by atoms with Crippen LogP contribution in [0.25, 0.3) is 0 Å². The number of likely N-dealkylation sites (tertiary alicyclic amines) is 1. The number of carbonyl (C=O) groups excluding carboxylic acids is 1. The van der Waals surface area contributed by atoms with Crippen molar-refractivity contribution in [1.82, 2.24) is 4.90 Å². The Morgan fingerprint density at radius 1 is 1.24 bits per heavy atom. The molecule has 1 atom stereocenters. The van der Waals surface area contributed by atoms with Crippen LogP contribution in [0.15, 0.2) is 18.2 Å². The molecule has 3 rings (SSSR count). The second-order valence-corrected chi connectivity index (χ2v) is 5.53. The van der Waals surface area contributed by atoms with E-state index in [4.69, 9.17) is 0 Å². The highest BCUT2D eigenvalue weighted by molar-refractivity contribution is 5.97. The zero-order valence-corrected chi connectivity index (χ0v) is 11.7. The maximum atomic E-state index is 12.6. The number of carboxylic acids is 1. The van der Waals surface area contributed by atoms with Gasteiger partial charge in [0.1, 0.15) is 0 Å². The van der Waals surface area contributed by atoms with Crippen LogP contribution in [0.5, 0.6) is 0 Å². The molecule has 1 saturated heterocycles. The van der Waals surface area contributed by atoms with Crippen molar-refractivity contribution < 1.29 is 19.8 Å². The van der Waals surface area contributed by atoms with Gasteiger partial charge in [0.05, 0.1) is 11.7 Å². The lowest BCUT2D eigenvalue weighted by atomic mass is 9.96. The summed E-state index contributed by atoms with van der Waals surface area (Å²) < 4.78 is 0. The number of benzene rings is 1. The van der Waals surface area contributed by atoms with E-state index >= 15 is 0 Å². The van der Waals surface area contributed by atoms with E-state index in [0.717, 1.165) is 12.0 Å². The Bertz CT molecular complexity index is 587. The van der Waals surface area contributed by atoms with Crippen molar-refractivity contribution in [2.75, 3.05) is 24.5 Å². The van der Waals surface area contributed by atoms with Crippen molar-refractivity contribution in [2.45, 2.75) is 25.4 Å². The quantitative estimate of drug-likeness (QED) is 0.817. The molecule has 2 heterocycles. The van der Waals surface area contributed by atoms with Crippen LogP contribution in [-0.4, -0.2) is 52.9 Å². The van der Waals surface area contributed by atoms with Crippen LogP contribution < -0.4 is 4.90 Å². The molecule has 2 amide bonds. The van der Waals surface area contributed by atoms with Gasteiger partial charge in [-0.05, 0) is 37.0 Å². The van der Waals surface area contributed by atoms with Crippen molar-refractivity contribution >= 4 is 17.7 Å². The highest BCUT2D eigenvalue weighted by Gasteiger charge is 2.32. The molecule has 2 aliphatic rings. The van der Waals surface area contributed by atoms with Gasteiger partial charge in [-0.2, -0.15) is 0 Å². The predicted molar refractivity (Wildman–Crippen MR) is 76.7 cm³/mol. The standard InChI is InChI=1S/C15H18N2O4/c18-10-6-8-16(9-10)15(21)17-7-2-4-11-12(14(19)20)3-1-5-13(11)17/h1,3,5,10,18H,2,4,6-9H2,(H,19,20). The molecule has 0 saturated carbocycles. The molecule has 0 bridgehead atoms. The number of amides is 2. The van der Waals surface area contributed by atoms with Gasteiger partial charge in [0.25, 0.3) is 0 Å². The maximum Gasteiger partial charge on any atom is 0.336 e. The summed E-state index contributed by atoms with van der Waals surface area (Å²) in [5, 5.41) is 18.8. The van der Waals surface area contributed by atoms with E-state index in [2.05, 4.69) is 0 Å². The number of carboxylic acid groups (broad SMARTS) is 1. The lowest BCUT2D eigenvalue weighted by Gasteiger charge is -2.33. The van der Waals surface area contributed by atoms with Gasteiger partial charge in [-0.15, -0.1) is 0 Å². The average Bonchev–Trinajstić information content (AvgIpc) is 2.91. The second kappa shape index (κ2) is 5.37. The van der Waals surface area contributed by atoms with Crippen molar-refractivity contribution in [3.8, 4) is 0 Å². The second-order valence-electron chi connectivity index (χ2n) is 5.53. The monoisotopic (exact) mass is 290 g/mol. The van der Waals surface area contributed by atoms with E-state index in [1.54, 1.807) is 28.0 Å². The first kappa shape index (κ1) is 13.9. The van der Waals surface area contributed by atoms with Gasteiger partial charge in [-0.25, -0.2) is 9.59 Å². The van der Waals surface area contributed by atoms with Crippen molar-refractivity contribution in [1.29, 1.82) is 0 Å². The van der Waals surface area contributed by atoms with Gasteiger partial charge in [0.2, 0.25) is 0 Å². The lowest BCUT2D eigenvalue weighted by Crippen LogP contribution is -2.45. The third-order valence-corrected chi connectivity index (χ3v) is 4.15. The summed E-state index contributed by atoms with van der Waals surface area (Å²) in [7, 11) is 0. The first-order chi connectivity index (χ1) is 10.1. The van der Waals surface area contributed by atoms with E-state index in [9.17, 15) is 19.8 Å². The summed E-state index contributed by atoms with van der Waals surface area (Å²) in [6.45, 7) is 1.48. The summed E-state index contributed by atoms with van der Waals surface area (Å²) in [5.41, 5.74) is 1.68. The Morgan fingerprint density at radius 2 is 2.05 bits per heavy atom. The number of anilines is 1. The summed E-state index contributed by atoms with van der Waals surface area (Å²) in [4.78, 5) is 27.2. The fourth-order valence-electron chi connectivity index (χ4n) is 3.11. The molecular formula is C15H18N2O4. The topological polar surface area (TPSA) is 81.1 Å². The number of β-amino-alcohol motifs (C(OH)–C–C–N with tert-alkyl or cyclic N) is 1. The van der Waals surface area contributed by atoms with E-state index < -0.39 is 12.1 Å². The molecule has 0 aromatic heterocycles. The molecule has 1 unspecified atom stereocenters. The van der Waals surface area contributed by atoms with E-state index in [0.29, 0.717) is 38.2 Å². The lowest BCUT2D eigenvalue weighted by molar-refractivity contribution is 0.0695. The number of aliphatic hydroxyl groups is 1. The number of rotatable bonds is 1. The molecule has 1 aromatic carbocycles. The van der Waals surface area contributed by atoms with Crippen molar-refractivity contribution in [2.24, 2.45) is 0 Å². The molecular weight excluding hydrogens is 272 g/mol. The van der Waals surface area contributed by atoms with Gasteiger partial charge >= 0.3 is 12.0 Å². The van der Waals surface area contributed by atoms with Crippen LogP contribution in [0.2, 0.25) is 0 Å². The molecule has 6 nitrogen and oxygen atoms in total. The Morgan fingerprint density at radius 3 is 2.71 bits per heavy atom. The van der Waals surface area contributed by atoms with Gasteiger partial charge in [-0.3, -0.25) is 4.90 Å². The Labute approximate surface area is 122 Å². The average molecular weight is 290 g/mol. The fourth-order valence-corrected chi connectivity index (χ4v) is 3.11. The molecule has 1 fully saturated rings. The van der Waals surface area contributed by atoms with E-state index in [1.165, 1.54) is 0 Å². The van der Waals surface area contributed by atoms with Gasteiger partial charge in [0.15, 0.2) is 0 Å². The van der Waals surface area contributed by atoms with Gasteiger partial charge in [0, 0.05) is 25.3 Å². The van der Waals surface area contributed by atoms with Gasteiger partial charge in [-0.1, -0.05) is 6.07 Å². The Hall–Kier alpha value is -2.08. The minimum atomic E-state index is -0.960. The molecule has 0 radical (unpaired) electrons. The Kier molecular flexibility index (Phi) is 3.55. The molecule has 0 aliphatic carbocycles. The highest BCUT2D eigenvalue weighted by atomic mass is 16.4. The van der Waals surface area contributed by atoms with Crippen LogP contribution in [0.1, 0.15) is 28.8 Å². The zero-order chi connectivity index (χ0) is 15.0. The predicted octanol–water partition coefficient (Wildman–Crippen LogP) is 1.32. The summed E-state index contributed by atoms with van der Waals surface area (Å²) >= 11 is 0. The number of hydrogen-bond acceptors (Lipinski definition) is 3. The molecule has 0 spiro atoms. The minimum absolute atomic E-state index is 0.143. The molecule has 1 aromatic rings. The number of carbonyl (C=O) groups is 2. The molecule has 2 N–H and O–H groups in total. The first-order valence-electron chi connectivity index (χ1n) is 7.17.